The number of hydrogen-bond acceptors (Lipinski definition) is 5. The van der Waals surface area contributed by atoms with E-state index in [-0.39, 0.29) is 11.9 Å². The van der Waals surface area contributed by atoms with E-state index in [0.29, 0.717) is 22.7 Å². The van der Waals surface area contributed by atoms with Gasteiger partial charge in [0.2, 0.25) is 5.89 Å². The maximum absolute atomic E-state index is 12.5. The first-order valence-corrected chi connectivity index (χ1v) is 9.75. The van der Waals surface area contributed by atoms with E-state index in [9.17, 15) is 9.59 Å². The Morgan fingerprint density at radius 2 is 1.50 bits per heavy atom. The van der Waals surface area contributed by atoms with Gasteiger partial charge in [0.15, 0.2) is 0 Å². The van der Waals surface area contributed by atoms with Crippen LogP contribution < -0.4 is 10.6 Å². The third-order valence-corrected chi connectivity index (χ3v) is 4.68. The Hall–Kier alpha value is -3.78. The van der Waals surface area contributed by atoms with Crippen molar-refractivity contribution in [2.75, 3.05) is 10.6 Å². The highest BCUT2D eigenvalue weighted by molar-refractivity contribution is 9.10. The highest BCUT2D eigenvalue weighted by atomic mass is 79.9. The normalized spacial score (nSPS) is 10.4. The predicted octanol–water partition coefficient (Wildman–Crippen LogP) is 5.00. The Morgan fingerprint density at radius 1 is 0.767 bits per heavy atom. The lowest BCUT2D eigenvalue weighted by molar-refractivity contribution is 0.101. The van der Waals surface area contributed by atoms with Crippen molar-refractivity contribution in [3.63, 3.8) is 0 Å². The molecule has 0 fully saturated rings. The van der Waals surface area contributed by atoms with Crippen LogP contribution in [0.1, 0.15) is 20.7 Å². The van der Waals surface area contributed by atoms with Crippen molar-refractivity contribution >= 4 is 39.4 Å². The predicted molar refractivity (Wildman–Crippen MR) is 116 cm³/mol. The lowest BCUT2D eigenvalue weighted by atomic mass is 10.1. The maximum Gasteiger partial charge on any atom is 0.322 e. The summed E-state index contributed by atoms with van der Waals surface area (Å²) in [6.07, 6.45) is 0. The number of carbonyl (C=O) groups excluding carboxylic acids is 2. The third-order valence-electron chi connectivity index (χ3n) is 4.16. The standard InChI is InChI=1S/C22H15BrN4O3/c23-17-11-9-14(10-12-17)19(28)24-18-8-4-7-16(13-18)20(29)25-22-27-26-21(30-22)15-5-2-1-3-6-15/h1-13H,(H,24,28)(H,25,27,29). The second kappa shape index (κ2) is 8.71. The zero-order valence-electron chi connectivity index (χ0n) is 15.5. The minimum atomic E-state index is -0.432. The summed E-state index contributed by atoms with van der Waals surface area (Å²) < 4.78 is 6.38. The molecule has 0 aliphatic carbocycles. The maximum atomic E-state index is 12.5. The number of carbonyl (C=O) groups is 2. The second-order valence-corrected chi connectivity index (χ2v) is 7.19. The Balaban J connectivity index is 1.44. The van der Waals surface area contributed by atoms with E-state index in [1.807, 2.05) is 30.3 Å². The van der Waals surface area contributed by atoms with Crippen molar-refractivity contribution in [1.29, 1.82) is 0 Å². The molecular formula is C22H15BrN4O3. The molecule has 0 radical (unpaired) electrons. The zero-order valence-corrected chi connectivity index (χ0v) is 17.1. The Kier molecular flexibility index (Phi) is 5.67. The summed E-state index contributed by atoms with van der Waals surface area (Å²) in [5.41, 5.74) is 2.09. The number of hydrogen-bond donors (Lipinski definition) is 2. The minimum absolute atomic E-state index is 0.0110. The summed E-state index contributed by atoms with van der Waals surface area (Å²) in [6, 6.07) is 22.8. The molecule has 3 aromatic carbocycles. The summed E-state index contributed by atoms with van der Waals surface area (Å²) in [7, 11) is 0. The van der Waals surface area contributed by atoms with Gasteiger partial charge in [-0.1, -0.05) is 45.3 Å². The van der Waals surface area contributed by atoms with E-state index in [1.54, 1.807) is 48.5 Å². The van der Waals surface area contributed by atoms with Gasteiger partial charge in [0.25, 0.3) is 11.8 Å². The van der Waals surface area contributed by atoms with Crippen LogP contribution in [0, 0.1) is 0 Å². The monoisotopic (exact) mass is 462 g/mol. The van der Waals surface area contributed by atoms with E-state index in [0.717, 1.165) is 10.0 Å². The van der Waals surface area contributed by atoms with E-state index < -0.39 is 5.91 Å². The minimum Gasteiger partial charge on any atom is -0.403 e. The largest absolute Gasteiger partial charge is 0.403 e. The molecule has 148 valence electrons. The first-order valence-electron chi connectivity index (χ1n) is 8.96. The first kappa shape index (κ1) is 19.5. The van der Waals surface area contributed by atoms with Crippen molar-refractivity contribution in [1.82, 2.24) is 10.2 Å². The smallest absolute Gasteiger partial charge is 0.322 e. The molecule has 0 aliphatic rings. The Morgan fingerprint density at radius 3 is 2.27 bits per heavy atom. The van der Waals surface area contributed by atoms with Gasteiger partial charge in [-0.05, 0) is 54.6 Å². The van der Waals surface area contributed by atoms with E-state index in [1.165, 1.54) is 0 Å². The Bertz CT molecular complexity index is 1190. The number of amides is 2. The molecule has 1 heterocycles. The van der Waals surface area contributed by atoms with Crippen LogP contribution in [-0.2, 0) is 0 Å². The van der Waals surface area contributed by atoms with Crippen LogP contribution in [0.15, 0.2) is 87.8 Å². The number of aromatic nitrogens is 2. The molecule has 30 heavy (non-hydrogen) atoms. The second-order valence-electron chi connectivity index (χ2n) is 6.27. The van der Waals surface area contributed by atoms with Gasteiger partial charge in [-0.15, -0.1) is 5.10 Å². The fourth-order valence-electron chi connectivity index (χ4n) is 2.68. The fraction of sp³-hybridized carbons (Fsp3) is 0. The molecule has 0 atom stereocenters. The number of halogens is 1. The molecule has 4 aromatic rings. The SMILES string of the molecule is O=C(Nc1cccc(C(=O)Nc2nnc(-c3ccccc3)o2)c1)c1ccc(Br)cc1. The van der Waals surface area contributed by atoms with Crippen LogP contribution in [0.25, 0.3) is 11.5 Å². The molecule has 1 aromatic heterocycles. The lowest BCUT2D eigenvalue weighted by Gasteiger charge is -2.07. The quantitative estimate of drug-likeness (QED) is 0.434. The summed E-state index contributed by atoms with van der Waals surface area (Å²) in [5, 5.41) is 13.1. The van der Waals surface area contributed by atoms with Crippen LogP contribution in [0.4, 0.5) is 11.7 Å². The van der Waals surface area contributed by atoms with Crippen LogP contribution in [-0.4, -0.2) is 22.0 Å². The summed E-state index contributed by atoms with van der Waals surface area (Å²) >= 11 is 3.34. The summed E-state index contributed by atoms with van der Waals surface area (Å²) in [6.45, 7) is 0. The van der Waals surface area contributed by atoms with E-state index in [2.05, 4.69) is 36.8 Å². The zero-order chi connectivity index (χ0) is 20.9. The van der Waals surface area contributed by atoms with Crippen molar-refractivity contribution in [2.45, 2.75) is 0 Å². The van der Waals surface area contributed by atoms with Gasteiger partial charge in [-0.25, -0.2) is 0 Å². The van der Waals surface area contributed by atoms with Crippen LogP contribution in [0.2, 0.25) is 0 Å². The van der Waals surface area contributed by atoms with Crippen LogP contribution >= 0.6 is 15.9 Å². The summed E-state index contributed by atoms with van der Waals surface area (Å²) in [5.74, 6) is -0.399. The van der Waals surface area contributed by atoms with Gasteiger partial charge < -0.3 is 9.73 Å². The van der Waals surface area contributed by atoms with Gasteiger partial charge >= 0.3 is 6.01 Å². The van der Waals surface area contributed by atoms with Gasteiger partial charge in [0.1, 0.15) is 0 Å². The Labute approximate surface area is 180 Å². The molecule has 0 aliphatic heterocycles. The molecule has 0 saturated heterocycles. The number of anilines is 2. The van der Waals surface area contributed by atoms with Crippen LogP contribution in [0.5, 0.6) is 0 Å². The molecule has 0 saturated carbocycles. The molecule has 7 nitrogen and oxygen atoms in total. The third kappa shape index (κ3) is 4.61. The molecule has 0 spiro atoms. The van der Waals surface area contributed by atoms with E-state index >= 15 is 0 Å². The fourth-order valence-corrected chi connectivity index (χ4v) is 2.95. The van der Waals surface area contributed by atoms with Crippen molar-refractivity contribution in [3.05, 3.63) is 94.5 Å². The number of nitrogens with one attached hydrogen (secondary N) is 2. The molecular weight excluding hydrogens is 448 g/mol. The molecule has 2 N–H and O–H groups in total. The average molecular weight is 463 g/mol. The first-order chi connectivity index (χ1) is 14.6. The summed E-state index contributed by atoms with van der Waals surface area (Å²) in [4.78, 5) is 24.9. The van der Waals surface area contributed by atoms with E-state index in [4.69, 9.17) is 4.42 Å². The molecule has 2 amide bonds. The molecule has 0 bridgehead atoms. The van der Waals surface area contributed by atoms with Crippen molar-refractivity contribution < 1.29 is 14.0 Å². The average Bonchev–Trinajstić information content (AvgIpc) is 3.23. The van der Waals surface area contributed by atoms with Crippen molar-refractivity contribution in [3.8, 4) is 11.5 Å². The van der Waals surface area contributed by atoms with Gasteiger partial charge in [0, 0.05) is 26.9 Å². The number of rotatable bonds is 5. The highest BCUT2D eigenvalue weighted by Crippen LogP contribution is 2.20. The number of nitrogens with zero attached hydrogens (tertiary/aromatic N) is 2. The van der Waals surface area contributed by atoms with Gasteiger partial charge in [-0.2, -0.15) is 0 Å². The van der Waals surface area contributed by atoms with Crippen molar-refractivity contribution in [2.24, 2.45) is 0 Å². The molecule has 4 rings (SSSR count). The topological polar surface area (TPSA) is 97.1 Å². The van der Waals surface area contributed by atoms with Gasteiger partial charge in [0.05, 0.1) is 0 Å². The van der Waals surface area contributed by atoms with Crippen LogP contribution in [0.3, 0.4) is 0 Å². The molecule has 8 heteroatoms. The lowest BCUT2D eigenvalue weighted by Crippen LogP contribution is -2.14. The van der Waals surface area contributed by atoms with Gasteiger partial charge in [-0.3, -0.25) is 14.9 Å². The highest BCUT2D eigenvalue weighted by Gasteiger charge is 2.14. The molecule has 0 unspecified atom stereocenters. The number of benzene rings is 3.